The van der Waals surface area contributed by atoms with Gasteiger partial charge in [-0.2, -0.15) is 0 Å². The molecule has 1 unspecified atom stereocenters. The van der Waals surface area contributed by atoms with Crippen LogP contribution in [0.1, 0.15) is 30.4 Å². The number of Topliss-reactive ketones (excluding diaryl/α,β-unsaturated/α-hetero) is 1. The molecule has 1 atom stereocenters. The van der Waals surface area contributed by atoms with Crippen molar-refractivity contribution in [3.05, 3.63) is 73.9 Å². The van der Waals surface area contributed by atoms with E-state index in [0.29, 0.717) is 20.1 Å². The van der Waals surface area contributed by atoms with Gasteiger partial charge in [0.2, 0.25) is 0 Å². The molecule has 1 N–H and O–H groups in total. The quantitative estimate of drug-likeness (QED) is 0.647. The highest BCUT2D eigenvalue weighted by molar-refractivity contribution is 7.20. The van der Waals surface area contributed by atoms with E-state index < -0.39 is 5.92 Å². The van der Waals surface area contributed by atoms with Crippen molar-refractivity contribution in [3.63, 3.8) is 0 Å². The second-order valence-corrected chi connectivity index (χ2v) is 7.70. The van der Waals surface area contributed by atoms with Crippen molar-refractivity contribution in [2.24, 2.45) is 0 Å². The Labute approximate surface area is 158 Å². The Balaban J connectivity index is 2.26. The summed E-state index contributed by atoms with van der Waals surface area (Å²) in [5.74, 6) is -0.614. The van der Waals surface area contributed by atoms with Crippen LogP contribution in [0.4, 0.5) is 0 Å². The molecule has 3 rings (SSSR count). The average Bonchev–Trinajstić information content (AvgIpc) is 2.55. The zero-order chi connectivity index (χ0) is 18.1. The lowest BCUT2D eigenvalue weighted by Gasteiger charge is -2.17. The van der Waals surface area contributed by atoms with Crippen LogP contribution in [0.25, 0.3) is 10.1 Å². The van der Waals surface area contributed by atoms with Gasteiger partial charge in [-0.15, -0.1) is 0 Å². The highest BCUT2D eigenvalue weighted by Gasteiger charge is 2.24. The fraction of sp³-hybridized carbons (Fsp3) is 0.158. The molecule has 0 fully saturated rings. The van der Waals surface area contributed by atoms with E-state index in [-0.39, 0.29) is 28.3 Å². The summed E-state index contributed by atoms with van der Waals surface area (Å²) in [6, 6.07) is 11.9. The number of hydrogen-bond acceptors (Lipinski definition) is 4. The van der Waals surface area contributed by atoms with Crippen LogP contribution >= 0.6 is 34.5 Å². The first kappa shape index (κ1) is 17.9. The van der Waals surface area contributed by atoms with Gasteiger partial charge in [0.05, 0.1) is 5.56 Å². The Morgan fingerprint density at radius 1 is 1.12 bits per heavy atom. The van der Waals surface area contributed by atoms with E-state index in [1.165, 1.54) is 6.92 Å². The molecule has 0 amide bonds. The maximum atomic E-state index is 13.0. The molecular weight excluding hydrogens is 379 g/mol. The average molecular weight is 393 g/mol. The largest absolute Gasteiger partial charge is 0.499 e. The minimum absolute atomic E-state index is 0.0741. The van der Waals surface area contributed by atoms with Gasteiger partial charge in [0.1, 0.15) is 5.78 Å². The van der Waals surface area contributed by atoms with Gasteiger partial charge in [0.15, 0.2) is 10.5 Å². The number of benzene rings is 2. The van der Waals surface area contributed by atoms with Gasteiger partial charge >= 0.3 is 0 Å². The molecular formula is C19H14Cl2O3S. The fourth-order valence-electron chi connectivity index (χ4n) is 2.85. The summed E-state index contributed by atoms with van der Waals surface area (Å²) in [4.78, 5) is 24.8. The van der Waals surface area contributed by atoms with Gasteiger partial charge in [0.25, 0.3) is 0 Å². The smallest absolute Gasteiger partial charge is 0.195 e. The number of hydrogen-bond donors (Lipinski definition) is 1. The van der Waals surface area contributed by atoms with Crippen LogP contribution in [0.15, 0.2) is 47.3 Å². The van der Waals surface area contributed by atoms with E-state index in [1.54, 1.807) is 42.5 Å². The van der Waals surface area contributed by atoms with Crippen molar-refractivity contribution in [1.82, 2.24) is 0 Å². The first-order chi connectivity index (χ1) is 11.9. The molecule has 1 heterocycles. The first-order valence-electron chi connectivity index (χ1n) is 7.57. The Morgan fingerprint density at radius 3 is 2.40 bits per heavy atom. The number of halogens is 2. The Morgan fingerprint density at radius 2 is 1.76 bits per heavy atom. The highest BCUT2D eigenvalue weighted by atomic mass is 35.5. The van der Waals surface area contributed by atoms with E-state index in [0.717, 1.165) is 16.9 Å². The Bertz CT molecular complexity index is 1010. The van der Waals surface area contributed by atoms with Crippen LogP contribution in [0.3, 0.4) is 0 Å². The molecule has 1 aromatic heterocycles. The summed E-state index contributed by atoms with van der Waals surface area (Å²) in [6.07, 6.45) is 0.114. The molecule has 3 nitrogen and oxygen atoms in total. The maximum Gasteiger partial charge on any atom is 0.195 e. The molecule has 2 aromatic carbocycles. The lowest BCUT2D eigenvalue weighted by atomic mass is 9.87. The van der Waals surface area contributed by atoms with Crippen molar-refractivity contribution in [2.45, 2.75) is 19.3 Å². The summed E-state index contributed by atoms with van der Waals surface area (Å²) < 4.78 is 0.647. The van der Waals surface area contributed by atoms with Gasteiger partial charge in [0, 0.05) is 32.5 Å². The third-order valence-electron chi connectivity index (χ3n) is 3.98. The standard InChI is InChI=1S/C19H14Cl2O3S/c1-10(22)8-14(11-2-4-12(20)5-3-11)17-18(23)15-9-13(21)6-7-16(15)25-19(17)24/h2-7,9,14,24H,8H2,1H3. The lowest BCUT2D eigenvalue weighted by molar-refractivity contribution is -0.117. The predicted octanol–water partition coefficient (Wildman–Crippen LogP) is 5.38. The third kappa shape index (κ3) is 3.71. The molecule has 3 aromatic rings. The van der Waals surface area contributed by atoms with Crippen LogP contribution in [0, 0.1) is 0 Å². The molecule has 0 aliphatic heterocycles. The minimum atomic E-state index is -0.540. The van der Waals surface area contributed by atoms with Gasteiger partial charge < -0.3 is 5.11 Å². The summed E-state index contributed by atoms with van der Waals surface area (Å²) >= 11 is 13.1. The van der Waals surface area contributed by atoms with Gasteiger partial charge in [-0.3, -0.25) is 9.59 Å². The van der Waals surface area contributed by atoms with Crippen LogP contribution in [0.2, 0.25) is 10.0 Å². The minimum Gasteiger partial charge on any atom is -0.499 e. The van der Waals surface area contributed by atoms with Crippen molar-refractivity contribution in [1.29, 1.82) is 0 Å². The summed E-state index contributed by atoms with van der Waals surface area (Å²) in [5, 5.41) is 11.9. The number of fused-ring (bicyclic) bond motifs is 1. The zero-order valence-electron chi connectivity index (χ0n) is 13.3. The van der Waals surface area contributed by atoms with Crippen molar-refractivity contribution in [2.75, 3.05) is 0 Å². The monoisotopic (exact) mass is 392 g/mol. The van der Waals surface area contributed by atoms with E-state index >= 15 is 0 Å². The Hall–Kier alpha value is -1.88. The molecule has 0 aliphatic rings. The molecule has 128 valence electrons. The predicted molar refractivity (Wildman–Crippen MR) is 103 cm³/mol. The van der Waals surface area contributed by atoms with Crippen LogP contribution < -0.4 is 5.43 Å². The van der Waals surface area contributed by atoms with Crippen molar-refractivity contribution in [3.8, 4) is 5.06 Å². The van der Waals surface area contributed by atoms with Crippen LogP contribution in [0.5, 0.6) is 5.06 Å². The Kier molecular flexibility index (Phi) is 5.13. The number of ketones is 1. The molecule has 0 bridgehead atoms. The third-order valence-corrected chi connectivity index (χ3v) is 5.46. The summed E-state index contributed by atoms with van der Waals surface area (Å²) in [5.41, 5.74) is 0.660. The van der Waals surface area contributed by atoms with E-state index in [1.807, 2.05) is 0 Å². The normalized spacial score (nSPS) is 12.3. The molecule has 25 heavy (non-hydrogen) atoms. The summed E-state index contributed by atoms with van der Waals surface area (Å²) in [7, 11) is 0. The zero-order valence-corrected chi connectivity index (χ0v) is 15.6. The van der Waals surface area contributed by atoms with E-state index in [9.17, 15) is 14.7 Å². The molecule has 0 aliphatic carbocycles. The van der Waals surface area contributed by atoms with Crippen LogP contribution in [-0.2, 0) is 4.79 Å². The number of rotatable bonds is 4. The topological polar surface area (TPSA) is 54.4 Å². The van der Waals surface area contributed by atoms with E-state index in [2.05, 4.69) is 0 Å². The fourth-order valence-corrected chi connectivity index (χ4v) is 4.10. The van der Waals surface area contributed by atoms with E-state index in [4.69, 9.17) is 23.2 Å². The van der Waals surface area contributed by atoms with Gasteiger partial charge in [-0.25, -0.2) is 0 Å². The second kappa shape index (κ2) is 7.16. The maximum absolute atomic E-state index is 13.0. The van der Waals surface area contributed by atoms with Crippen molar-refractivity contribution < 1.29 is 9.90 Å². The molecule has 0 saturated carbocycles. The van der Waals surface area contributed by atoms with Gasteiger partial charge in [-0.05, 0) is 42.8 Å². The summed E-state index contributed by atoms with van der Waals surface area (Å²) in [6.45, 7) is 1.46. The number of aromatic hydroxyl groups is 1. The molecule has 0 saturated heterocycles. The molecule has 0 radical (unpaired) electrons. The first-order valence-corrected chi connectivity index (χ1v) is 9.14. The van der Waals surface area contributed by atoms with Crippen LogP contribution in [-0.4, -0.2) is 10.9 Å². The number of carbonyl (C=O) groups excluding carboxylic acids is 1. The molecule has 6 heteroatoms. The second-order valence-electron chi connectivity index (χ2n) is 5.80. The SMILES string of the molecule is CC(=O)CC(c1ccc(Cl)cc1)c1c(O)sc2ccc(Cl)cc2c1=O. The lowest BCUT2D eigenvalue weighted by Crippen LogP contribution is -2.16. The van der Waals surface area contributed by atoms with Gasteiger partial charge in [-0.1, -0.05) is 46.7 Å². The highest BCUT2D eigenvalue weighted by Crippen LogP contribution is 2.37. The van der Waals surface area contributed by atoms with Crippen molar-refractivity contribution >= 4 is 50.4 Å². The number of carbonyl (C=O) groups is 1. The molecule has 0 spiro atoms.